The second kappa shape index (κ2) is 6.86. The van der Waals surface area contributed by atoms with E-state index in [1.165, 1.54) is 24.3 Å². The number of aromatic amines is 1. The zero-order chi connectivity index (χ0) is 19.1. The molecule has 0 radical (unpaired) electrons. The first-order chi connectivity index (χ1) is 12.2. The van der Waals surface area contributed by atoms with E-state index in [0.29, 0.717) is 15.4 Å². The van der Waals surface area contributed by atoms with E-state index >= 15 is 0 Å². The number of rotatable bonds is 3. The molecule has 26 heavy (non-hydrogen) atoms. The molecule has 3 aromatic rings. The summed E-state index contributed by atoms with van der Waals surface area (Å²) < 4.78 is 34.1. The monoisotopic (exact) mass is 409 g/mol. The number of amidine groups is 1. The number of nitrogens with one attached hydrogen (secondary N) is 2. The highest BCUT2D eigenvalue weighted by Gasteiger charge is 2.15. The van der Waals surface area contributed by atoms with Gasteiger partial charge in [0, 0.05) is 10.7 Å². The van der Waals surface area contributed by atoms with Gasteiger partial charge in [-0.3, -0.25) is 0 Å². The predicted octanol–water partition coefficient (Wildman–Crippen LogP) is 4.98. The summed E-state index contributed by atoms with van der Waals surface area (Å²) in [7, 11) is -3.83. The fraction of sp³-hybridized carbons (Fsp3) is 0.176. The normalized spacial score (nSPS) is 12.5. The maximum Gasteiger partial charge on any atom is 0.283 e. The summed E-state index contributed by atoms with van der Waals surface area (Å²) in [6.07, 6.45) is 0. The molecular weight excluding hydrogens is 394 g/mol. The van der Waals surface area contributed by atoms with Crippen LogP contribution in [0.3, 0.4) is 0 Å². The summed E-state index contributed by atoms with van der Waals surface area (Å²) >= 11 is 10.8. The van der Waals surface area contributed by atoms with E-state index < -0.39 is 10.0 Å². The Hall–Kier alpha value is -2.16. The van der Waals surface area contributed by atoms with Gasteiger partial charge in [0.1, 0.15) is 5.84 Å². The fourth-order valence-corrected chi connectivity index (χ4v) is 3.88. The molecule has 0 aliphatic heterocycles. The van der Waals surface area contributed by atoms with Gasteiger partial charge in [-0.05, 0) is 74.4 Å². The molecule has 0 fully saturated rings. The molecule has 0 bridgehead atoms. The maximum atomic E-state index is 12.4. The van der Waals surface area contributed by atoms with Crippen molar-refractivity contribution < 1.29 is 12.8 Å². The Kier molecular flexibility index (Phi) is 4.92. The number of aryl methyl sites for hydroxylation is 2. The minimum absolute atomic E-state index is 0.0744. The van der Waals surface area contributed by atoms with Crippen LogP contribution in [0, 0.1) is 18.7 Å². The van der Waals surface area contributed by atoms with Crippen LogP contribution in [0.2, 0.25) is 5.02 Å². The molecule has 1 heterocycles. The Balaban J connectivity index is 1.97. The second-order valence-corrected chi connectivity index (χ2v) is 8.23. The summed E-state index contributed by atoms with van der Waals surface area (Å²) in [5.74, 6) is 0.240. The average molecular weight is 410 g/mol. The van der Waals surface area contributed by atoms with Gasteiger partial charge in [-0.2, -0.15) is 8.42 Å². The summed E-state index contributed by atoms with van der Waals surface area (Å²) in [6.45, 7) is 5.35. The number of aromatic nitrogens is 1. The largest absolute Gasteiger partial charge is 0.429 e. The molecule has 0 saturated heterocycles. The number of fused-ring (bicyclic) bond motifs is 1. The first-order valence-electron chi connectivity index (χ1n) is 7.64. The quantitative estimate of drug-likeness (QED) is 0.362. The number of nitrogens with zero attached hydrogens (tertiary/aromatic N) is 1. The zero-order valence-electron chi connectivity index (χ0n) is 14.3. The molecule has 0 aliphatic rings. The van der Waals surface area contributed by atoms with Crippen LogP contribution < -0.4 is 5.32 Å². The van der Waals surface area contributed by atoms with Gasteiger partial charge in [-0.25, -0.2) is 0 Å². The third-order valence-corrected chi connectivity index (χ3v) is 5.65. The number of hydrogen-bond acceptors (Lipinski definition) is 4. The number of oxazole rings is 1. The van der Waals surface area contributed by atoms with Crippen LogP contribution >= 0.6 is 23.8 Å². The standard InChI is InChI=1S/C17H16ClN3O3S2/c1-9-8-14(10(2)15-16(9)24-17(25)20-15)19-11(3)21-26(22,23)13-6-4-12(18)5-7-13/h4-8H,1-3H3,(H,19,21)(H,20,25). The molecule has 0 saturated carbocycles. The van der Waals surface area contributed by atoms with Crippen LogP contribution in [0.4, 0.5) is 5.69 Å². The molecule has 136 valence electrons. The lowest BCUT2D eigenvalue weighted by atomic mass is 10.1. The molecule has 6 nitrogen and oxygen atoms in total. The van der Waals surface area contributed by atoms with E-state index in [4.69, 9.17) is 28.2 Å². The van der Waals surface area contributed by atoms with Gasteiger partial charge >= 0.3 is 0 Å². The van der Waals surface area contributed by atoms with Gasteiger partial charge in [0.05, 0.1) is 10.4 Å². The molecule has 0 amide bonds. The lowest BCUT2D eigenvalue weighted by molar-refractivity contribution is 0.581. The van der Waals surface area contributed by atoms with Crippen molar-refractivity contribution in [2.45, 2.75) is 25.7 Å². The van der Waals surface area contributed by atoms with Gasteiger partial charge < -0.3 is 14.7 Å². The van der Waals surface area contributed by atoms with Gasteiger partial charge in [0.2, 0.25) is 0 Å². The molecule has 9 heteroatoms. The molecule has 2 aromatic carbocycles. The van der Waals surface area contributed by atoms with Crippen molar-refractivity contribution in [2.24, 2.45) is 4.40 Å². The first kappa shape index (κ1) is 18.6. The molecule has 1 aromatic heterocycles. The van der Waals surface area contributed by atoms with E-state index in [1.54, 1.807) is 6.92 Å². The highest BCUT2D eigenvalue weighted by Crippen LogP contribution is 2.28. The van der Waals surface area contributed by atoms with Crippen molar-refractivity contribution in [1.82, 2.24) is 4.98 Å². The van der Waals surface area contributed by atoms with Crippen molar-refractivity contribution in [3.63, 3.8) is 0 Å². The molecule has 0 atom stereocenters. The number of anilines is 1. The van der Waals surface area contributed by atoms with E-state index in [0.717, 1.165) is 22.3 Å². The van der Waals surface area contributed by atoms with Crippen LogP contribution in [-0.2, 0) is 10.0 Å². The van der Waals surface area contributed by atoms with Gasteiger partial charge in [0.25, 0.3) is 14.9 Å². The van der Waals surface area contributed by atoms with Crippen LogP contribution in [0.1, 0.15) is 18.1 Å². The van der Waals surface area contributed by atoms with Crippen molar-refractivity contribution in [2.75, 3.05) is 5.32 Å². The highest BCUT2D eigenvalue weighted by atomic mass is 35.5. The van der Waals surface area contributed by atoms with Crippen LogP contribution in [-0.4, -0.2) is 19.2 Å². The summed E-state index contributed by atoms with van der Waals surface area (Å²) in [6, 6.07) is 7.71. The Morgan fingerprint density at radius 2 is 1.92 bits per heavy atom. The topological polar surface area (TPSA) is 87.5 Å². The number of halogens is 1. The van der Waals surface area contributed by atoms with E-state index in [-0.39, 0.29) is 10.7 Å². The summed E-state index contributed by atoms with van der Waals surface area (Å²) in [5.41, 5.74) is 3.89. The Labute approximate surface area is 161 Å². The second-order valence-electron chi connectivity index (χ2n) is 5.82. The van der Waals surface area contributed by atoms with Crippen LogP contribution in [0.15, 0.2) is 44.0 Å². The third-order valence-electron chi connectivity index (χ3n) is 3.83. The fourth-order valence-electron chi connectivity index (χ4n) is 2.58. The Bertz CT molecular complexity index is 1180. The third kappa shape index (κ3) is 3.67. The van der Waals surface area contributed by atoms with Crippen LogP contribution in [0.25, 0.3) is 11.1 Å². The minimum atomic E-state index is -3.83. The number of sulfonamides is 1. The van der Waals surface area contributed by atoms with Crippen molar-refractivity contribution >= 4 is 56.5 Å². The molecule has 0 unspecified atom stereocenters. The van der Waals surface area contributed by atoms with Gasteiger partial charge in [-0.1, -0.05) is 11.6 Å². The Morgan fingerprint density at radius 3 is 2.58 bits per heavy atom. The maximum absolute atomic E-state index is 12.4. The molecular formula is C17H16ClN3O3S2. The average Bonchev–Trinajstić information content (AvgIpc) is 2.95. The first-order valence-corrected chi connectivity index (χ1v) is 9.87. The van der Waals surface area contributed by atoms with Crippen molar-refractivity contribution in [1.29, 1.82) is 0 Å². The van der Waals surface area contributed by atoms with Crippen molar-refractivity contribution in [3.8, 4) is 0 Å². The number of hydrogen-bond donors (Lipinski definition) is 2. The Morgan fingerprint density at radius 1 is 1.27 bits per heavy atom. The summed E-state index contributed by atoms with van der Waals surface area (Å²) in [5, 5.41) is 3.50. The van der Waals surface area contributed by atoms with Gasteiger partial charge in [-0.15, -0.1) is 4.40 Å². The predicted molar refractivity (Wildman–Crippen MR) is 106 cm³/mol. The lowest BCUT2D eigenvalue weighted by Crippen LogP contribution is -2.12. The van der Waals surface area contributed by atoms with Crippen molar-refractivity contribution in [3.05, 3.63) is 51.3 Å². The number of H-pyrrole nitrogens is 1. The lowest BCUT2D eigenvalue weighted by Gasteiger charge is -2.11. The molecule has 0 aliphatic carbocycles. The van der Waals surface area contributed by atoms with E-state index in [2.05, 4.69) is 14.7 Å². The van der Waals surface area contributed by atoms with Gasteiger partial charge in [0.15, 0.2) is 5.58 Å². The van der Waals surface area contributed by atoms with E-state index in [1.807, 2.05) is 19.9 Å². The minimum Gasteiger partial charge on any atom is -0.429 e. The number of benzene rings is 2. The smallest absolute Gasteiger partial charge is 0.283 e. The SMILES string of the molecule is CC(=NS(=O)(=O)c1ccc(Cl)cc1)Nc1cc(C)c2oc(=S)[nH]c2c1C. The zero-order valence-corrected chi connectivity index (χ0v) is 16.6. The molecule has 0 spiro atoms. The van der Waals surface area contributed by atoms with E-state index in [9.17, 15) is 8.42 Å². The highest BCUT2D eigenvalue weighted by molar-refractivity contribution is 7.90. The summed E-state index contributed by atoms with van der Waals surface area (Å²) in [4.78, 5) is 3.36. The van der Waals surface area contributed by atoms with Crippen LogP contribution in [0.5, 0.6) is 0 Å². The molecule has 3 rings (SSSR count). The molecule has 2 N–H and O–H groups in total.